The van der Waals surface area contributed by atoms with E-state index < -0.39 is 16.0 Å². The highest BCUT2D eigenvalue weighted by Crippen LogP contribution is 2.17. The number of hydrogen-bond donors (Lipinski definition) is 2. The van der Waals surface area contributed by atoms with Gasteiger partial charge in [0.15, 0.2) is 0 Å². The Morgan fingerprint density at radius 1 is 1.00 bits per heavy atom. The molecule has 0 aliphatic rings. The van der Waals surface area contributed by atoms with Gasteiger partial charge in [0.05, 0.1) is 11.3 Å². The highest BCUT2D eigenvalue weighted by molar-refractivity contribution is 7.89. The number of nitrogens with one attached hydrogen (secondary N) is 1. The van der Waals surface area contributed by atoms with E-state index >= 15 is 0 Å². The van der Waals surface area contributed by atoms with Crippen molar-refractivity contribution in [2.75, 3.05) is 0 Å². The minimum Gasteiger partial charge on any atom is -0.481 e. The predicted octanol–water partition coefficient (Wildman–Crippen LogP) is 2.92. The Kier molecular flexibility index (Phi) is 5.75. The summed E-state index contributed by atoms with van der Waals surface area (Å²) in [5.41, 5.74) is 2.54. The molecule has 24 heavy (non-hydrogen) atoms. The van der Waals surface area contributed by atoms with Crippen LogP contribution in [0.15, 0.2) is 53.4 Å². The Morgan fingerprint density at radius 2 is 1.54 bits per heavy atom. The van der Waals surface area contributed by atoms with Gasteiger partial charge in [-0.25, -0.2) is 13.1 Å². The van der Waals surface area contributed by atoms with Gasteiger partial charge in [0, 0.05) is 6.54 Å². The molecule has 2 aromatic rings. The summed E-state index contributed by atoms with van der Waals surface area (Å²) in [7, 11) is -3.57. The van der Waals surface area contributed by atoms with Crippen molar-refractivity contribution >= 4 is 16.0 Å². The van der Waals surface area contributed by atoms with Gasteiger partial charge < -0.3 is 5.11 Å². The monoisotopic (exact) mass is 347 g/mol. The van der Waals surface area contributed by atoms with Crippen molar-refractivity contribution in [3.8, 4) is 0 Å². The summed E-state index contributed by atoms with van der Waals surface area (Å²) in [6, 6.07) is 13.7. The number of carbonyl (C=O) groups is 1. The maximum absolute atomic E-state index is 12.3. The number of sulfonamides is 1. The lowest BCUT2D eigenvalue weighted by Gasteiger charge is -2.09. The van der Waals surface area contributed by atoms with Crippen molar-refractivity contribution in [1.29, 1.82) is 0 Å². The summed E-state index contributed by atoms with van der Waals surface area (Å²) in [6.45, 7) is 4.26. The second-order valence-corrected chi connectivity index (χ2v) is 7.70. The molecule has 0 amide bonds. The zero-order valence-electron chi connectivity index (χ0n) is 13.7. The lowest BCUT2D eigenvalue weighted by atomic mass is 10.0. The minimum atomic E-state index is -3.57. The smallest absolute Gasteiger partial charge is 0.307 e. The Morgan fingerprint density at radius 3 is 2.04 bits per heavy atom. The molecule has 2 N–H and O–H groups in total. The molecule has 0 fully saturated rings. The highest BCUT2D eigenvalue weighted by Gasteiger charge is 2.14. The topological polar surface area (TPSA) is 83.5 Å². The summed E-state index contributed by atoms with van der Waals surface area (Å²) < 4.78 is 27.2. The zero-order valence-corrected chi connectivity index (χ0v) is 14.5. The van der Waals surface area contributed by atoms with Gasteiger partial charge in [-0.15, -0.1) is 0 Å². The summed E-state index contributed by atoms with van der Waals surface area (Å²) in [5, 5.41) is 8.73. The maximum atomic E-state index is 12.3. The summed E-state index contributed by atoms with van der Waals surface area (Å²) >= 11 is 0. The molecule has 0 aliphatic carbocycles. The molecular weight excluding hydrogens is 326 g/mol. The first-order valence-corrected chi connectivity index (χ1v) is 9.15. The van der Waals surface area contributed by atoms with Crippen molar-refractivity contribution < 1.29 is 18.3 Å². The van der Waals surface area contributed by atoms with E-state index in [0.29, 0.717) is 11.5 Å². The molecule has 0 aromatic heterocycles. The van der Waals surface area contributed by atoms with Crippen LogP contribution in [0.2, 0.25) is 0 Å². The van der Waals surface area contributed by atoms with Crippen molar-refractivity contribution in [2.24, 2.45) is 0 Å². The van der Waals surface area contributed by atoms with E-state index in [1.54, 1.807) is 36.4 Å². The summed E-state index contributed by atoms with van der Waals surface area (Å²) in [4.78, 5) is 10.9. The van der Waals surface area contributed by atoms with Gasteiger partial charge in [0.25, 0.3) is 0 Å². The standard InChI is InChI=1S/C18H21NO4S/c1-13(2)16-7-9-17(10-8-16)24(22,23)19-12-15-5-3-14(4-6-15)11-18(20)21/h3-10,13,19H,11-12H2,1-2H3,(H,20,21). The molecule has 0 spiro atoms. The molecule has 0 radical (unpaired) electrons. The summed E-state index contributed by atoms with van der Waals surface area (Å²) in [5.74, 6) is -0.549. The van der Waals surface area contributed by atoms with Gasteiger partial charge in [-0.2, -0.15) is 0 Å². The molecule has 6 heteroatoms. The number of benzene rings is 2. The van der Waals surface area contributed by atoms with Crippen LogP contribution in [0.4, 0.5) is 0 Å². The molecule has 0 saturated carbocycles. The molecule has 0 aliphatic heterocycles. The SMILES string of the molecule is CC(C)c1ccc(S(=O)(=O)NCc2ccc(CC(=O)O)cc2)cc1. The second kappa shape index (κ2) is 7.59. The fraction of sp³-hybridized carbons (Fsp3) is 0.278. The molecule has 2 rings (SSSR count). The Balaban J connectivity index is 2.03. The maximum Gasteiger partial charge on any atom is 0.307 e. The Bertz CT molecular complexity index is 794. The Labute approximate surface area is 142 Å². The zero-order chi connectivity index (χ0) is 17.7. The third-order valence-electron chi connectivity index (χ3n) is 3.70. The molecule has 0 unspecified atom stereocenters. The summed E-state index contributed by atoms with van der Waals surface area (Å²) in [6.07, 6.45) is -0.0474. The van der Waals surface area contributed by atoms with Crippen LogP contribution in [0.25, 0.3) is 0 Å². The first kappa shape index (κ1) is 18.2. The van der Waals surface area contributed by atoms with Crippen LogP contribution < -0.4 is 4.72 Å². The molecule has 0 saturated heterocycles. The van der Waals surface area contributed by atoms with E-state index in [-0.39, 0.29) is 17.9 Å². The molecule has 128 valence electrons. The molecule has 2 aromatic carbocycles. The van der Waals surface area contributed by atoms with Gasteiger partial charge >= 0.3 is 5.97 Å². The lowest BCUT2D eigenvalue weighted by Crippen LogP contribution is -2.23. The van der Waals surface area contributed by atoms with Gasteiger partial charge in [-0.3, -0.25) is 4.79 Å². The first-order chi connectivity index (χ1) is 11.3. The van der Waals surface area contributed by atoms with E-state index in [4.69, 9.17) is 5.11 Å². The lowest BCUT2D eigenvalue weighted by molar-refractivity contribution is -0.136. The normalized spacial score (nSPS) is 11.6. The van der Waals surface area contributed by atoms with Crippen molar-refractivity contribution in [1.82, 2.24) is 4.72 Å². The fourth-order valence-corrected chi connectivity index (χ4v) is 3.26. The molecule has 0 atom stereocenters. The highest BCUT2D eigenvalue weighted by atomic mass is 32.2. The third-order valence-corrected chi connectivity index (χ3v) is 5.12. The Hall–Kier alpha value is -2.18. The fourth-order valence-electron chi connectivity index (χ4n) is 2.24. The van der Waals surface area contributed by atoms with Gasteiger partial charge in [0.2, 0.25) is 10.0 Å². The quantitative estimate of drug-likeness (QED) is 0.807. The van der Waals surface area contributed by atoms with E-state index in [9.17, 15) is 13.2 Å². The number of carboxylic acid groups (broad SMARTS) is 1. The van der Waals surface area contributed by atoms with Crippen LogP contribution in [0.5, 0.6) is 0 Å². The molecular formula is C18H21NO4S. The van der Waals surface area contributed by atoms with Gasteiger partial charge in [-0.1, -0.05) is 50.2 Å². The average Bonchev–Trinajstić information content (AvgIpc) is 2.54. The van der Waals surface area contributed by atoms with Crippen LogP contribution in [0, 0.1) is 0 Å². The largest absolute Gasteiger partial charge is 0.481 e. The van der Waals surface area contributed by atoms with E-state index in [1.165, 1.54) is 0 Å². The van der Waals surface area contributed by atoms with E-state index in [2.05, 4.69) is 18.6 Å². The van der Waals surface area contributed by atoms with Crippen molar-refractivity contribution in [2.45, 2.75) is 37.6 Å². The second-order valence-electron chi connectivity index (χ2n) is 5.94. The van der Waals surface area contributed by atoms with Crippen molar-refractivity contribution in [3.05, 3.63) is 65.2 Å². The number of aliphatic carboxylic acids is 1. The van der Waals surface area contributed by atoms with E-state index in [0.717, 1.165) is 11.1 Å². The van der Waals surface area contributed by atoms with Crippen LogP contribution in [0.3, 0.4) is 0 Å². The van der Waals surface area contributed by atoms with Crippen LogP contribution >= 0.6 is 0 Å². The number of carboxylic acids is 1. The molecule has 5 nitrogen and oxygen atoms in total. The molecule has 0 bridgehead atoms. The molecule has 0 heterocycles. The number of rotatable bonds is 7. The average molecular weight is 347 g/mol. The predicted molar refractivity (Wildman–Crippen MR) is 92.3 cm³/mol. The minimum absolute atomic E-state index is 0.0474. The van der Waals surface area contributed by atoms with Gasteiger partial charge in [0.1, 0.15) is 0 Å². The van der Waals surface area contributed by atoms with Gasteiger partial charge in [-0.05, 0) is 34.7 Å². The van der Waals surface area contributed by atoms with Crippen LogP contribution in [-0.2, 0) is 27.8 Å². The van der Waals surface area contributed by atoms with Crippen molar-refractivity contribution in [3.63, 3.8) is 0 Å². The first-order valence-electron chi connectivity index (χ1n) is 7.67. The van der Waals surface area contributed by atoms with Crippen LogP contribution in [-0.4, -0.2) is 19.5 Å². The van der Waals surface area contributed by atoms with Crippen LogP contribution in [0.1, 0.15) is 36.5 Å². The third kappa shape index (κ3) is 4.91. The van der Waals surface area contributed by atoms with E-state index in [1.807, 2.05) is 12.1 Å². The number of hydrogen-bond acceptors (Lipinski definition) is 3.